The van der Waals surface area contributed by atoms with Gasteiger partial charge in [0, 0.05) is 30.7 Å². The number of benzene rings is 1. The van der Waals surface area contributed by atoms with E-state index in [9.17, 15) is 19.8 Å². The Morgan fingerprint density at radius 2 is 1.43 bits per heavy atom. The van der Waals surface area contributed by atoms with Crippen LogP contribution in [0.25, 0.3) is 0 Å². The van der Waals surface area contributed by atoms with E-state index in [1.807, 2.05) is 15.9 Å². The second kappa shape index (κ2) is 12.6. The number of nitrogens with zero attached hydrogens (tertiary/aromatic N) is 4. The average molecular weight is 579 g/mol. The van der Waals surface area contributed by atoms with Gasteiger partial charge in [-0.05, 0) is 93.9 Å². The number of para-hydroxylation sites is 2. The molecule has 0 amide bonds. The molecule has 0 aromatic heterocycles. The molecule has 0 spiro atoms. The molecule has 2 N–H and O–H groups in total. The number of hydrogen-bond donors (Lipinski definition) is 2. The Hall–Kier alpha value is -2.58. The second-order valence-corrected chi connectivity index (χ2v) is 13.7. The highest BCUT2D eigenvalue weighted by Crippen LogP contribution is 2.50. The molecule has 42 heavy (non-hydrogen) atoms. The van der Waals surface area contributed by atoms with Crippen LogP contribution in [0.3, 0.4) is 0 Å². The van der Waals surface area contributed by atoms with Gasteiger partial charge in [0.15, 0.2) is 0 Å². The highest BCUT2D eigenvalue weighted by atomic mass is 16.4. The van der Waals surface area contributed by atoms with Gasteiger partial charge < -0.3 is 20.0 Å². The normalized spacial score (nSPS) is 34.0. The molecule has 6 rings (SSSR count). The average Bonchev–Trinajstić information content (AvgIpc) is 3.29. The first kappa shape index (κ1) is 29.5. The van der Waals surface area contributed by atoms with Gasteiger partial charge in [0.25, 0.3) is 0 Å². The van der Waals surface area contributed by atoms with Crippen molar-refractivity contribution in [3.63, 3.8) is 0 Å². The third-order valence-electron chi connectivity index (χ3n) is 11.1. The Morgan fingerprint density at radius 3 is 2.05 bits per heavy atom. The van der Waals surface area contributed by atoms with E-state index in [2.05, 4.69) is 41.8 Å². The van der Waals surface area contributed by atoms with E-state index in [4.69, 9.17) is 0 Å². The Morgan fingerprint density at radius 1 is 0.786 bits per heavy atom. The first-order chi connectivity index (χ1) is 20.4. The lowest BCUT2D eigenvalue weighted by atomic mass is 9.72. The molecule has 230 valence electrons. The SMILES string of the molecule is CCC1CC(CC)CC(N2C3CCCC2CC(N2/C(=C4\CCCN(CC(=O)O)C4)N(CC(=O)O)c4ccccc42)C3)C1. The fourth-order valence-corrected chi connectivity index (χ4v) is 9.37. The van der Waals surface area contributed by atoms with Crippen molar-refractivity contribution in [3.8, 4) is 0 Å². The van der Waals surface area contributed by atoms with Crippen molar-refractivity contribution in [2.24, 2.45) is 11.8 Å². The number of carboxylic acids is 2. The van der Waals surface area contributed by atoms with Crippen molar-refractivity contribution >= 4 is 23.3 Å². The zero-order chi connectivity index (χ0) is 29.4. The number of aliphatic carboxylic acids is 2. The van der Waals surface area contributed by atoms with Gasteiger partial charge in [-0.15, -0.1) is 0 Å². The summed E-state index contributed by atoms with van der Waals surface area (Å²) >= 11 is 0. The molecule has 1 aromatic carbocycles. The maximum absolute atomic E-state index is 12.2. The fraction of sp³-hybridized carbons (Fsp3) is 0.706. The molecular formula is C34H50N4O4. The lowest BCUT2D eigenvalue weighted by molar-refractivity contribution is -0.138. The summed E-state index contributed by atoms with van der Waals surface area (Å²) in [6, 6.07) is 10.4. The third-order valence-corrected chi connectivity index (χ3v) is 11.1. The summed E-state index contributed by atoms with van der Waals surface area (Å²) in [6.07, 6.45) is 14.4. The highest BCUT2D eigenvalue weighted by Gasteiger charge is 2.48. The van der Waals surface area contributed by atoms with Crippen LogP contribution in [0.4, 0.5) is 11.4 Å². The van der Waals surface area contributed by atoms with E-state index in [1.54, 1.807) is 0 Å². The molecule has 8 nitrogen and oxygen atoms in total. The molecule has 4 atom stereocenters. The van der Waals surface area contributed by atoms with Crippen LogP contribution in [0.15, 0.2) is 35.7 Å². The molecule has 5 aliphatic rings. The van der Waals surface area contributed by atoms with E-state index < -0.39 is 11.9 Å². The minimum Gasteiger partial charge on any atom is -0.480 e. The standard InChI is InChI=1S/C34H50N4O4/c1-3-23-15-24(4-2)17-28(16-23)37-26-10-7-11-27(37)19-29(18-26)38-31-13-6-5-12-30(31)36(22-33(41)42)34(38)25-9-8-14-35(20-25)21-32(39)40/h5-6,12-13,23-24,26-29H,3-4,7-11,14-22H2,1-2H3,(H,39,40)(H,41,42)/b34-25+. The van der Waals surface area contributed by atoms with Crippen LogP contribution in [0, 0.1) is 11.8 Å². The largest absolute Gasteiger partial charge is 0.480 e. The van der Waals surface area contributed by atoms with Crippen molar-refractivity contribution in [2.75, 3.05) is 36.0 Å². The van der Waals surface area contributed by atoms with E-state index >= 15 is 0 Å². The number of fused-ring (bicyclic) bond motifs is 3. The van der Waals surface area contributed by atoms with Gasteiger partial charge >= 0.3 is 11.9 Å². The first-order valence-corrected chi connectivity index (χ1v) is 16.7. The molecule has 1 saturated carbocycles. The Balaban J connectivity index is 1.34. The quantitative estimate of drug-likeness (QED) is 0.402. The number of carbonyl (C=O) groups is 2. The number of rotatable bonds is 8. The van der Waals surface area contributed by atoms with Gasteiger partial charge in [-0.2, -0.15) is 0 Å². The Bertz CT molecular complexity index is 1160. The van der Waals surface area contributed by atoms with Gasteiger partial charge in [-0.3, -0.25) is 19.4 Å². The molecule has 2 bridgehead atoms. The third kappa shape index (κ3) is 5.81. The van der Waals surface area contributed by atoms with E-state index in [0.717, 1.165) is 61.3 Å². The first-order valence-electron chi connectivity index (χ1n) is 16.7. The number of hydrogen-bond acceptors (Lipinski definition) is 6. The number of likely N-dealkylation sites (tertiary alicyclic amines) is 1. The minimum absolute atomic E-state index is 0.0179. The van der Waals surface area contributed by atoms with Crippen molar-refractivity contribution in [3.05, 3.63) is 35.7 Å². The lowest BCUT2D eigenvalue weighted by Crippen LogP contribution is -2.61. The fourth-order valence-electron chi connectivity index (χ4n) is 9.37. The van der Waals surface area contributed by atoms with Crippen molar-refractivity contribution in [2.45, 2.75) is 115 Å². The summed E-state index contributed by atoms with van der Waals surface area (Å²) in [5, 5.41) is 19.5. The van der Waals surface area contributed by atoms with E-state index in [-0.39, 0.29) is 13.1 Å². The summed E-state index contributed by atoms with van der Waals surface area (Å²) in [5.41, 5.74) is 3.26. The minimum atomic E-state index is -0.845. The summed E-state index contributed by atoms with van der Waals surface area (Å²) < 4.78 is 0. The summed E-state index contributed by atoms with van der Waals surface area (Å²) in [5.74, 6) is 1.05. The highest BCUT2D eigenvalue weighted by molar-refractivity contribution is 5.88. The predicted molar refractivity (Wildman–Crippen MR) is 166 cm³/mol. The molecule has 4 unspecified atom stereocenters. The van der Waals surface area contributed by atoms with Crippen LogP contribution in [0.1, 0.15) is 90.9 Å². The molecular weight excluding hydrogens is 528 g/mol. The van der Waals surface area contributed by atoms with Crippen molar-refractivity contribution in [1.82, 2.24) is 9.80 Å². The van der Waals surface area contributed by atoms with Crippen LogP contribution >= 0.6 is 0 Å². The summed E-state index contributed by atoms with van der Waals surface area (Å²) in [7, 11) is 0. The van der Waals surface area contributed by atoms with E-state index in [1.165, 1.54) is 56.9 Å². The van der Waals surface area contributed by atoms with Gasteiger partial charge in [0.1, 0.15) is 12.4 Å². The van der Waals surface area contributed by atoms with Crippen LogP contribution < -0.4 is 9.80 Å². The predicted octanol–water partition coefficient (Wildman–Crippen LogP) is 5.78. The number of piperidine rings is 3. The number of carboxylic acid groups (broad SMARTS) is 2. The Kier molecular flexibility index (Phi) is 8.83. The van der Waals surface area contributed by atoms with Gasteiger partial charge in [0.2, 0.25) is 0 Å². The summed E-state index contributed by atoms with van der Waals surface area (Å²) in [4.78, 5) is 33.3. The van der Waals surface area contributed by atoms with E-state index in [0.29, 0.717) is 30.7 Å². The van der Waals surface area contributed by atoms with Crippen LogP contribution in [-0.2, 0) is 9.59 Å². The molecule has 0 radical (unpaired) electrons. The number of anilines is 2. The molecule has 4 aliphatic heterocycles. The molecule has 1 aromatic rings. The zero-order valence-electron chi connectivity index (χ0n) is 25.6. The maximum Gasteiger partial charge on any atom is 0.323 e. The summed E-state index contributed by atoms with van der Waals surface area (Å²) in [6.45, 7) is 6.01. The molecule has 4 heterocycles. The maximum atomic E-state index is 12.2. The molecule has 4 fully saturated rings. The second-order valence-electron chi connectivity index (χ2n) is 13.7. The monoisotopic (exact) mass is 578 g/mol. The molecule has 3 saturated heterocycles. The molecule has 8 heteroatoms. The van der Waals surface area contributed by atoms with Gasteiger partial charge in [-0.25, -0.2) is 0 Å². The topological polar surface area (TPSA) is 87.6 Å². The van der Waals surface area contributed by atoms with Crippen LogP contribution in [-0.4, -0.2) is 82.3 Å². The van der Waals surface area contributed by atoms with Gasteiger partial charge in [0.05, 0.1) is 17.9 Å². The van der Waals surface area contributed by atoms with Gasteiger partial charge in [-0.1, -0.05) is 45.2 Å². The van der Waals surface area contributed by atoms with Crippen molar-refractivity contribution in [1.29, 1.82) is 0 Å². The zero-order valence-corrected chi connectivity index (χ0v) is 25.6. The Labute approximate surface area is 251 Å². The van der Waals surface area contributed by atoms with Crippen molar-refractivity contribution < 1.29 is 19.8 Å². The molecule has 1 aliphatic carbocycles. The van der Waals surface area contributed by atoms with Crippen LogP contribution in [0.2, 0.25) is 0 Å². The van der Waals surface area contributed by atoms with Crippen LogP contribution in [0.5, 0.6) is 0 Å². The lowest BCUT2D eigenvalue weighted by Gasteiger charge is -2.56. The smallest absolute Gasteiger partial charge is 0.323 e.